The number of hydrogen-bond donors (Lipinski definition) is 2. The first-order chi connectivity index (χ1) is 14.2. The highest BCUT2D eigenvalue weighted by atomic mass is 35.5. The van der Waals surface area contributed by atoms with Crippen molar-refractivity contribution in [3.63, 3.8) is 0 Å². The molecule has 30 heavy (non-hydrogen) atoms. The van der Waals surface area contributed by atoms with Crippen LogP contribution in [0.1, 0.15) is 42.6 Å². The summed E-state index contributed by atoms with van der Waals surface area (Å²) >= 11 is 5.71. The monoisotopic (exact) mass is 439 g/mol. The second-order valence-electron chi connectivity index (χ2n) is 7.79. The summed E-state index contributed by atoms with van der Waals surface area (Å²) in [5, 5.41) is 5.80. The van der Waals surface area contributed by atoms with Crippen molar-refractivity contribution in [1.29, 1.82) is 0 Å². The van der Waals surface area contributed by atoms with Gasteiger partial charge in [0.2, 0.25) is 5.95 Å². The van der Waals surface area contributed by atoms with Crippen molar-refractivity contribution in [1.82, 2.24) is 20.2 Å². The molecule has 1 aromatic heterocycles. The molecule has 2 heterocycles. The van der Waals surface area contributed by atoms with Gasteiger partial charge in [0.05, 0.1) is 23.3 Å². The third-order valence-electron chi connectivity index (χ3n) is 5.44. The van der Waals surface area contributed by atoms with Gasteiger partial charge in [0, 0.05) is 31.6 Å². The van der Waals surface area contributed by atoms with E-state index in [0.29, 0.717) is 30.2 Å². The van der Waals surface area contributed by atoms with Crippen molar-refractivity contribution in [2.75, 3.05) is 11.9 Å². The van der Waals surface area contributed by atoms with Gasteiger partial charge in [-0.15, -0.1) is 0 Å². The fourth-order valence-corrected chi connectivity index (χ4v) is 3.75. The molecule has 6 nitrogen and oxygen atoms in total. The van der Waals surface area contributed by atoms with Crippen LogP contribution in [-0.2, 0) is 13.0 Å². The number of anilines is 1. The third kappa shape index (κ3) is 4.45. The van der Waals surface area contributed by atoms with Crippen LogP contribution in [-0.4, -0.2) is 39.4 Å². The third-order valence-corrected chi connectivity index (χ3v) is 5.75. The normalized spacial score (nSPS) is 18.9. The molecule has 0 spiro atoms. The molecular weight excluding hydrogens is 419 g/mol. The molecule has 160 valence electrons. The molecule has 2 aliphatic rings. The van der Waals surface area contributed by atoms with Crippen LogP contribution in [0, 0.1) is 5.82 Å². The summed E-state index contributed by atoms with van der Waals surface area (Å²) in [6, 6.07) is 3.37. The highest BCUT2D eigenvalue weighted by molar-refractivity contribution is 6.30. The number of benzene rings is 1. The Bertz CT molecular complexity index is 965. The van der Waals surface area contributed by atoms with Crippen LogP contribution in [0.3, 0.4) is 0 Å². The maximum atomic E-state index is 13.7. The summed E-state index contributed by atoms with van der Waals surface area (Å²) < 4.78 is 39.7. The van der Waals surface area contributed by atoms with Gasteiger partial charge in [0.1, 0.15) is 5.82 Å². The van der Waals surface area contributed by atoms with E-state index in [1.807, 2.05) is 0 Å². The Balaban J connectivity index is 1.38. The van der Waals surface area contributed by atoms with Gasteiger partial charge in [-0.05, 0) is 36.6 Å². The van der Waals surface area contributed by atoms with Crippen LogP contribution >= 0.6 is 11.6 Å². The standard InChI is InChI=1S/C20H21ClF3N5O/c1-11(12-2-3-15(21)16(22)6-12)26-19(30)29-5-4-13-9-25-18(28-17(13)10-29)27-14-7-20(23,24)8-14/h2-3,6,9,11,14H,4-5,7-8,10H2,1H3,(H,26,30)(H,25,27,28)/t11-/m1/s1. The van der Waals surface area contributed by atoms with Gasteiger partial charge in [0.15, 0.2) is 0 Å². The molecule has 0 unspecified atom stereocenters. The topological polar surface area (TPSA) is 70.2 Å². The molecule has 4 rings (SSSR count). The lowest BCUT2D eigenvalue weighted by molar-refractivity contribution is -0.0794. The number of rotatable bonds is 4. The number of nitrogens with one attached hydrogen (secondary N) is 2. The number of carbonyl (C=O) groups excluding carboxylic acids is 1. The van der Waals surface area contributed by atoms with E-state index in [2.05, 4.69) is 20.6 Å². The number of nitrogens with zero attached hydrogens (tertiary/aromatic N) is 3. The first-order valence-electron chi connectivity index (χ1n) is 9.70. The van der Waals surface area contributed by atoms with Gasteiger partial charge in [-0.2, -0.15) is 0 Å². The van der Waals surface area contributed by atoms with Crippen LogP contribution in [0.15, 0.2) is 24.4 Å². The molecule has 2 N–H and O–H groups in total. The Morgan fingerprint density at radius 3 is 2.83 bits per heavy atom. The van der Waals surface area contributed by atoms with Gasteiger partial charge in [0.25, 0.3) is 5.92 Å². The molecule has 1 fully saturated rings. The zero-order chi connectivity index (χ0) is 21.5. The van der Waals surface area contributed by atoms with Crippen molar-refractivity contribution in [3.05, 3.63) is 52.1 Å². The molecule has 1 aromatic carbocycles. The SMILES string of the molecule is C[C@@H](NC(=O)N1CCc2cnc(NC3CC(F)(F)C3)nc2C1)c1ccc(Cl)c(F)c1. The lowest BCUT2D eigenvalue weighted by atomic mass is 9.88. The number of aromatic nitrogens is 2. The second kappa shape index (κ2) is 7.94. The lowest BCUT2D eigenvalue weighted by Crippen LogP contribution is -2.45. The molecule has 10 heteroatoms. The Morgan fingerprint density at radius 2 is 2.13 bits per heavy atom. The van der Waals surface area contributed by atoms with Crippen molar-refractivity contribution in [2.24, 2.45) is 0 Å². The first-order valence-corrected chi connectivity index (χ1v) is 10.1. The van der Waals surface area contributed by atoms with Gasteiger partial charge in [-0.1, -0.05) is 17.7 Å². The average Bonchev–Trinajstić information content (AvgIpc) is 2.68. The number of amides is 2. The summed E-state index contributed by atoms with van der Waals surface area (Å²) in [6.45, 7) is 2.53. The Morgan fingerprint density at radius 1 is 1.37 bits per heavy atom. The number of carbonyl (C=O) groups is 1. The maximum absolute atomic E-state index is 13.7. The number of urea groups is 1. The van der Waals surface area contributed by atoms with Crippen molar-refractivity contribution >= 4 is 23.6 Å². The van der Waals surface area contributed by atoms with Crippen molar-refractivity contribution in [2.45, 2.75) is 50.7 Å². The quantitative estimate of drug-likeness (QED) is 0.745. The summed E-state index contributed by atoms with van der Waals surface area (Å²) in [5.41, 5.74) is 2.22. The van der Waals surface area contributed by atoms with E-state index in [9.17, 15) is 18.0 Å². The van der Waals surface area contributed by atoms with Crippen molar-refractivity contribution < 1.29 is 18.0 Å². The maximum Gasteiger partial charge on any atom is 0.318 e. The average molecular weight is 440 g/mol. The highest BCUT2D eigenvalue weighted by Gasteiger charge is 2.45. The Labute approximate surface area is 176 Å². The van der Waals surface area contributed by atoms with E-state index in [1.54, 1.807) is 24.1 Å². The lowest BCUT2D eigenvalue weighted by Gasteiger charge is -2.35. The highest BCUT2D eigenvalue weighted by Crippen LogP contribution is 2.38. The van der Waals surface area contributed by atoms with E-state index in [0.717, 1.165) is 5.56 Å². The zero-order valence-electron chi connectivity index (χ0n) is 16.3. The van der Waals surface area contributed by atoms with E-state index in [4.69, 9.17) is 11.6 Å². The van der Waals surface area contributed by atoms with Gasteiger partial charge in [-0.25, -0.2) is 27.9 Å². The summed E-state index contributed by atoms with van der Waals surface area (Å²) in [5.74, 6) is -2.87. The molecule has 2 aromatic rings. The summed E-state index contributed by atoms with van der Waals surface area (Å²) in [4.78, 5) is 22.9. The molecule has 1 atom stereocenters. The van der Waals surface area contributed by atoms with E-state index < -0.39 is 17.8 Å². The zero-order valence-corrected chi connectivity index (χ0v) is 17.0. The molecule has 2 amide bonds. The first kappa shape index (κ1) is 20.7. The second-order valence-corrected chi connectivity index (χ2v) is 8.19. The predicted molar refractivity (Wildman–Crippen MR) is 106 cm³/mol. The van der Waals surface area contributed by atoms with Crippen LogP contribution < -0.4 is 10.6 Å². The van der Waals surface area contributed by atoms with E-state index in [1.165, 1.54) is 12.1 Å². The van der Waals surface area contributed by atoms with Gasteiger partial charge >= 0.3 is 6.03 Å². The predicted octanol–water partition coefficient (Wildman–Crippen LogP) is 4.31. The van der Waals surface area contributed by atoms with Gasteiger partial charge < -0.3 is 15.5 Å². The molecule has 1 aliphatic carbocycles. The minimum Gasteiger partial charge on any atom is -0.351 e. The van der Waals surface area contributed by atoms with Crippen LogP contribution in [0.2, 0.25) is 5.02 Å². The molecular formula is C20H21ClF3N5O. The summed E-state index contributed by atoms with van der Waals surface area (Å²) in [7, 11) is 0. The van der Waals surface area contributed by atoms with Crippen LogP contribution in [0.4, 0.5) is 23.9 Å². The Kier molecular flexibility index (Phi) is 5.48. The minimum absolute atomic E-state index is 0.0274. The number of alkyl halides is 2. The number of hydrogen-bond acceptors (Lipinski definition) is 4. The fourth-order valence-electron chi connectivity index (χ4n) is 3.63. The Hall–Kier alpha value is -2.55. The number of fused-ring (bicyclic) bond motifs is 1. The van der Waals surface area contributed by atoms with Gasteiger partial charge in [-0.3, -0.25) is 0 Å². The van der Waals surface area contributed by atoms with E-state index >= 15 is 0 Å². The summed E-state index contributed by atoms with van der Waals surface area (Å²) in [6.07, 6.45) is 1.81. The molecule has 1 saturated carbocycles. The van der Waals surface area contributed by atoms with Crippen molar-refractivity contribution in [3.8, 4) is 0 Å². The van der Waals surface area contributed by atoms with E-state index in [-0.39, 0.29) is 36.5 Å². The fraction of sp³-hybridized carbons (Fsp3) is 0.450. The molecule has 0 radical (unpaired) electrons. The minimum atomic E-state index is -2.62. The van der Waals surface area contributed by atoms with Crippen LogP contribution in [0.5, 0.6) is 0 Å². The van der Waals surface area contributed by atoms with Crippen LogP contribution in [0.25, 0.3) is 0 Å². The number of halogens is 4. The molecule has 0 saturated heterocycles. The largest absolute Gasteiger partial charge is 0.351 e. The molecule has 1 aliphatic heterocycles. The molecule has 0 bridgehead atoms. The smallest absolute Gasteiger partial charge is 0.318 e.